The lowest BCUT2D eigenvalue weighted by Gasteiger charge is -2.08. The fourth-order valence-electron chi connectivity index (χ4n) is 1.41. The van der Waals surface area contributed by atoms with E-state index in [2.05, 4.69) is 15.9 Å². The zero-order chi connectivity index (χ0) is 8.88. The Morgan fingerprint density at radius 3 is 2.83 bits per heavy atom. The maximum absolute atomic E-state index is 11.3. The maximum Gasteiger partial charge on any atom is 0.219 e. The van der Waals surface area contributed by atoms with E-state index in [-0.39, 0.29) is 5.78 Å². The normalized spacial score (nSPS) is 15.6. The minimum absolute atomic E-state index is 0.0568. The van der Waals surface area contributed by atoms with E-state index in [1.54, 1.807) is 0 Å². The molecular formula is C8H8BrNO2. The molecule has 2 rings (SSSR count). The molecule has 1 aromatic rings. The topological polar surface area (TPSA) is 33.5 Å². The predicted molar refractivity (Wildman–Crippen MR) is 48.7 cm³/mol. The number of hydrogen-bond donors (Lipinski definition) is 0. The number of halogens is 1. The SMILES string of the molecule is Cc1oc2c(c1Br)N(C)CC2=O. The summed E-state index contributed by atoms with van der Waals surface area (Å²) >= 11 is 3.38. The molecule has 3 nitrogen and oxygen atoms in total. The quantitative estimate of drug-likeness (QED) is 0.683. The van der Waals surface area contributed by atoms with Gasteiger partial charge in [0.05, 0.1) is 11.0 Å². The number of Topliss-reactive ketones (excluding diaryl/α,β-unsaturated/α-hetero) is 1. The van der Waals surface area contributed by atoms with Crippen LogP contribution in [0.5, 0.6) is 0 Å². The summed E-state index contributed by atoms with van der Waals surface area (Å²) in [5, 5.41) is 0. The number of nitrogens with zero attached hydrogens (tertiary/aromatic N) is 1. The fourth-order valence-corrected chi connectivity index (χ4v) is 1.97. The molecule has 0 unspecified atom stereocenters. The highest BCUT2D eigenvalue weighted by molar-refractivity contribution is 9.10. The first kappa shape index (κ1) is 7.86. The maximum atomic E-state index is 11.3. The second-order valence-corrected chi connectivity index (χ2v) is 3.72. The fraction of sp³-hybridized carbons (Fsp3) is 0.375. The molecule has 0 saturated heterocycles. The molecule has 12 heavy (non-hydrogen) atoms. The van der Waals surface area contributed by atoms with E-state index in [1.807, 2.05) is 18.9 Å². The van der Waals surface area contributed by atoms with Crippen molar-refractivity contribution in [2.45, 2.75) is 6.92 Å². The lowest BCUT2D eigenvalue weighted by Crippen LogP contribution is -2.16. The predicted octanol–water partition coefficient (Wildman–Crippen LogP) is 1.98. The first-order chi connectivity index (χ1) is 5.61. The molecule has 0 bridgehead atoms. The molecule has 0 atom stereocenters. The largest absolute Gasteiger partial charge is 0.455 e. The van der Waals surface area contributed by atoms with E-state index in [9.17, 15) is 4.79 Å². The first-order valence-electron chi connectivity index (χ1n) is 3.64. The van der Waals surface area contributed by atoms with Gasteiger partial charge in [-0.15, -0.1) is 0 Å². The number of aryl methyl sites for hydroxylation is 1. The summed E-state index contributed by atoms with van der Waals surface area (Å²) in [5.41, 5.74) is 0.887. The van der Waals surface area contributed by atoms with Crippen LogP contribution in [-0.2, 0) is 0 Å². The second-order valence-electron chi connectivity index (χ2n) is 2.93. The molecule has 1 aliphatic rings. The smallest absolute Gasteiger partial charge is 0.219 e. The molecule has 0 amide bonds. The van der Waals surface area contributed by atoms with Gasteiger partial charge in [0, 0.05) is 7.05 Å². The van der Waals surface area contributed by atoms with Gasteiger partial charge in [0.15, 0.2) is 5.76 Å². The second kappa shape index (κ2) is 2.36. The van der Waals surface area contributed by atoms with Gasteiger partial charge >= 0.3 is 0 Å². The van der Waals surface area contributed by atoms with Gasteiger partial charge in [-0.3, -0.25) is 4.79 Å². The Kier molecular flexibility index (Phi) is 1.54. The van der Waals surface area contributed by atoms with Gasteiger partial charge in [-0.25, -0.2) is 0 Å². The Bertz CT molecular complexity index is 356. The van der Waals surface area contributed by atoms with Gasteiger partial charge < -0.3 is 9.32 Å². The zero-order valence-corrected chi connectivity index (χ0v) is 8.43. The summed E-state index contributed by atoms with van der Waals surface area (Å²) in [4.78, 5) is 13.2. The lowest BCUT2D eigenvalue weighted by atomic mass is 10.3. The molecule has 0 fully saturated rings. The molecule has 0 aromatic carbocycles. The van der Waals surface area contributed by atoms with Crippen LogP contribution in [0.2, 0.25) is 0 Å². The van der Waals surface area contributed by atoms with E-state index < -0.39 is 0 Å². The van der Waals surface area contributed by atoms with Gasteiger partial charge in [0.25, 0.3) is 0 Å². The van der Waals surface area contributed by atoms with Gasteiger partial charge in [0.2, 0.25) is 5.78 Å². The van der Waals surface area contributed by atoms with E-state index >= 15 is 0 Å². The van der Waals surface area contributed by atoms with E-state index in [0.717, 1.165) is 15.9 Å². The Balaban J connectivity index is 2.67. The average Bonchev–Trinajstić information content (AvgIpc) is 2.41. The van der Waals surface area contributed by atoms with E-state index in [1.165, 1.54) is 0 Å². The van der Waals surface area contributed by atoms with Crippen molar-refractivity contribution in [2.24, 2.45) is 0 Å². The highest BCUT2D eigenvalue weighted by Crippen LogP contribution is 2.38. The summed E-state index contributed by atoms with van der Waals surface area (Å²) in [6.07, 6.45) is 0. The van der Waals surface area contributed by atoms with Crippen LogP contribution < -0.4 is 4.90 Å². The zero-order valence-electron chi connectivity index (χ0n) is 6.85. The van der Waals surface area contributed by atoms with Crippen molar-refractivity contribution < 1.29 is 9.21 Å². The molecule has 0 N–H and O–H groups in total. The molecule has 0 saturated carbocycles. The molecule has 1 aliphatic heterocycles. The van der Waals surface area contributed by atoms with Crippen molar-refractivity contribution in [1.82, 2.24) is 0 Å². The van der Waals surface area contributed by atoms with Crippen LogP contribution in [0.3, 0.4) is 0 Å². The molecule has 0 radical (unpaired) electrons. The molecule has 0 spiro atoms. The molecular weight excluding hydrogens is 222 g/mol. The van der Waals surface area contributed by atoms with Crippen LogP contribution >= 0.6 is 15.9 Å². The summed E-state index contributed by atoms with van der Waals surface area (Å²) in [7, 11) is 1.88. The van der Waals surface area contributed by atoms with Crippen LogP contribution in [0.25, 0.3) is 0 Å². The lowest BCUT2D eigenvalue weighted by molar-refractivity contribution is 0.0984. The monoisotopic (exact) mass is 229 g/mol. The molecule has 0 aliphatic carbocycles. The number of carbonyl (C=O) groups is 1. The number of likely N-dealkylation sites (N-methyl/N-ethyl adjacent to an activating group) is 1. The van der Waals surface area contributed by atoms with Crippen molar-refractivity contribution in [3.8, 4) is 0 Å². The summed E-state index contributed by atoms with van der Waals surface area (Å²) in [5.74, 6) is 1.31. The molecule has 64 valence electrons. The summed E-state index contributed by atoms with van der Waals surface area (Å²) in [6, 6.07) is 0. The van der Waals surface area contributed by atoms with Crippen LogP contribution in [0.1, 0.15) is 16.3 Å². The molecule has 4 heteroatoms. The first-order valence-corrected chi connectivity index (χ1v) is 4.43. The third-order valence-corrected chi connectivity index (χ3v) is 2.94. The van der Waals surface area contributed by atoms with Crippen molar-refractivity contribution in [1.29, 1.82) is 0 Å². The number of ketones is 1. The number of rotatable bonds is 0. The Morgan fingerprint density at radius 2 is 2.25 bits per heavy atom. The standard InChI is InChI=1S/C8H8BrNO2/c1-4-6(9)7-8(12-4)5(11)3-10(7)2/h3H2,1-2H3. The average molecular weight is 230 g/mol. The van der Waals surface area contributed by atoms with Crippen molar-refractivity contribution >= 4 is 27.4 Å². The van der Waals surface area contributed by atoms with Gasteiger partial charge in [-0.1, -0.05) is 0 Å². The van der Waals surface area contributed by atoms with Crippen molar-refractivity contribution in [3.63, 3.8) is 0 Å². The minimum Gasteiger partial charge on any atom is -0.455 e. The number of hydrogen-bond acceptors (Lipinski definition) is 3. The number of fused-ring (bicyclic) bond motifs is 1. The van der Waals surface area contributed by atoms with Crippen LogP contribution in [0.15, 0.2) is 8.89 Å². The highest BCUT2D eigenvalue weighted by atomic mass is 79.9. The van der Waals surface area contributed by atoms with Gasteiger partial charge in [0.1, 0.15) is 11.4 Å². The van der Waals surface area contributed by atoms with E-state index in [0.29, 0.717) is 12.3 Å². The van der Waals surface area contributed by atoms with Gasteiger partial charge in [-0.05, 0) is 22.9 Å². The highest BCUT2D eigenvalue weighted by Gasteiger charge is 2.31. The van der Waals surface area contributed by atoms with E-state index in [4.69, 9.17) is 4.42 Å². The van der Waals surface area contributed by atoms with Crippen molar-refractivity contribution in [2.75, 3.05) is 18.5 Å². The molecule has 1 aromatic heterocycles. The Labute approximate surface area is 78.5 Å². The van der Waals surface area contributed by atoms with Crippen LogP contribution in [0.4, 0.5) is 5.69 Å². The summed E-state index contributed by atoms with van der Waals surface area (Å²) in [6.45, 7) is 2.26. The third-order valence-electron chi connectivity index (χ3n) is 2.00. The molecule has 2 heterocycles. The number of furan rings is 1. The van der Waals surface area contributed by atoms with Crippen LogP contribution in [-0.4, -0.2) is 19.4 Å². The third kappa shape index (κ3) is 0.843. The van der Waals surface area contributed by atoms with Crippen LogP contribution in [0, 0.1) is 6.92 Å². The number of carbonyl (C=O) groups excluding carboxylic acids is 1. The Hall–Kier alpha value is -0.770. The van der Waals surface area contributed by atoms with Gasteiger partial charge in [-0.2, -0.15) is 0 Å². The Morgan fingerprint density at radius 1 is 1.58 bits per heavy atom. The van der Waals surface area contributed by atoms with Crippen molar-refractivity contribution in [3.05, 3.63) is 16.0 Å². The number of anilines is 1. The minimum atomic E-state index is 0.0568. The summed E-state index contributed by atoms with van der Waals surface area (Å²) < 4.78 is 6.20.